The summed E-state index contributed by atoms with van der Waals surface area (Å²) in [5.41, 5.74) is 2.19. The van der Waals surface area contributed by atoms with Crippen LogP contribution in [0, 0.1) is 17.0 Å². The average molecular weight is 416 g/mol. The number of ether oxygens (including phenoxy) is 1. The summed E-state index contributed by atoms with van der Waals surface area (Å²) in [5, 5.41) is 21.9. The number of benzene rings is 2. The van der Waals surface area contributed by atoms with E-state index < -0.39 is 10.8 Å². The van der Waals surface area contributed by atoms with E-state index in [0.717, 1.165) is 10.1 Å². The first-order valence-electron chi connectivity index (χ1n) is 8.19. The Morgan fingerprint density at radius 1 is 1.21 bits per heavy atom. The van der Waals surface area contributed by atoms with Crippen LogP contribution in [0.3, 0.4) is 0 Å². The number of thioether (sulfide) groups is 1. The lowest BCUT2D eigenvalue weighted by atomic mass is 10.2. The predicted molar refractivity (Wildman–Crippen MR) is 108 cm³/mol. The molecule has 0 aliphatic carbocycles. The van der Waals surface area contributed by atoms with Crippen LogP contribution in [0.1, 0.15) is 11.1 Å². The van der Waals surface area contributed by atoms with Gasteiger partial charge >= 0.3 is 5.69 Å². The summed E-state index contributed by atoms with van der Waals surface area (Å²) in [6.45, 7) is 1.67. The molecule has 144 valence electrons. The molecule has 0 spiro atoms. The minimum absolute atomic E-state index is 0.0363. The Kier molecular flexibility index (Phi) is 6.56. The molecule has 8 nitrogen and oxygen atoms in total. The molecule has 0 fully saturated rings. The molecule has 1 aromatic heterocycles. The molecule has 2 aromatic carbocycles. The number of nitrogens with zero attached hydrogens (tertiary/aromatic N) is 3. The summed E-state index contributed by atoms with van der Waals surface area (Å²) in [5.74, 6) is 0.322. The van der Waals surface area contributed by atoms with Gasteiger partial charge in [-0.3, -0.25) is 20.2 Å². The minimum atomic E-state index is -0.560. The molecular weight excluding hydrogens is 400 g/mol. The van der Waals surface area contributed by atoms with Gasteiger partial charge < -0.3 is 4.74 Å². The zero-order valence-electron chi connectivity index (χ0n) is 14.8. The second kappa shape index (κ2) is 9.29. The van der Waals surface area contributed by atoms with Crippen molar-refractivity contribution < 1.29 is 14.5 Å². The molecule has 0 aliphatic heterocycles. The monoisotopic (exact) mass is 416 g/mol. The molecule has 0 saturated heterocycles. The van der Waals surface area contributed by atoms with Gasteiger partial charge in [0.2, 0.25) is 5.13 Å². The van der Waals surface area contributed by atoms with E-state index in [9.17, 15) is 14.9 Å². The molecule has 28 heavy (non-hydrogen) atoms. The van der Waals surface area contributed by atoms with E-state index in [1.165, 1.54) is 52.4 Å². The fourth-order valence-electron chi connectivity index (χ4n) is 2.18. The molecule has 0 radical (unpaired) electrons. The Morgan fingerprint density at radius 2 is 1.96 bits per heavy atom. The van der Waals surface area contributed by atoms with Crippen molar-refractivity contribution in [3.8, 4) is 5.75 Å². The molecule has 1 heterocycles. The highest BCUT2D eigenvalue weighted by Gasteiger charge is 2.15. The normalized spacial score (nSPS) is 10.5. The molecule has 3 aromatic rings. The van der Waals surface area contributed by atoms with E-state index >= 15 is 0 Å². The largest absolute Gasteiger partial charge is 0.477 e. The van der Waals surface area contributed by atoms with E-state index in [0.29, 0.717) is 5.13 Å². The van der Waals surface area contributed by atoms with Gasteiger partial charge in [-0.25, -0.2) is 0 Å². The maximum Gasteiger partial charge on any atom is 0.310 e. The van der Waals surface area contributed by atoms with Gasteiger partial charge in [0.25, 0.3) is 5.91 Å². The number of aryl methyl sites for hydroxylation is 1. The highest BCUT2D eigenvalue weighted by Crippen LogP contribution is 2.29. The quantitative estimate of drug-likeness (QED) is 0.255. The Morgan fingerprint density at radius 3 is 2.71 bits per heavy atom. The van der Waals surface area contributed by atoms with Gasteiger partial charge in [0, 0.05) is 11.8 Å². The van der Waals surface area contributed by atoms with E-state index in [1.54, 1.807) is 6.07 Å². The maximum absolute atomic E-state index is 12.0. The van der Waals surface area contributed by atoms with Gasteiger partial charge in [0.1, 0.15) is 0 Å². The van der Waals surface area contributed by atoms with Crippen molar-refractivity contribution in [1.29, 1.82) is 0 Å². The second-order valence-corrected chi connectivity index (χ2v) is 7.91. The van der Waals surface area contributed by atoms with Crippen molar-refractivity contribution in [3.63, 3.8) is 0 Å². The Labute approximate surface area is 169 Å². The van der Waals surface area contributed by atoms with Gasteiger partial charge in [-0.15, -0.1) is 10.2 Å². The molecule has 10 heteroatoms. The number of nitro benzene ring substituents is 1. The number of nitrogens with one attached hydrogen (secondary N) is 1. The number of amides is 1. The minimum Gasteiger partial charge on any atom is -0.477 e. The third-order valence-electron chi connectivity index (χ3n) is 3.56. The van der Waals surface area contributed by atoms with E-state index in [1.807, 2.05) is 6.92 Å². The van der Waals surface area contributed by atoms with Crippen LogP contribution in [0.5, 0.6) is 5.75 Å². The van der Waals surface area contributed by atoms with Gasteiger partial charge in [-0.05, 0) is 18.6 Å². The number of hydrogen-bond donors (Lipinski definition) is 1. The molecule has 0 unspecified atom stereocenters. The summed E-state index contributed by atoms with van der Waals surface area (Å²) in [6.07, 6.45) is 0. The standard InChI is InChI=1S/C18H16N4O4S2/c1-12-6-8-13(9-7-12)11-27-18-21-20-17(28-18)19-16(23)10-26-15-5-3-2-4-14(15)22(24)25/h2-9H,10-11H2,1H3,(H,19,20,23). The molecular formula is C18H16N4O4S2. The van der Waals surface area contributed by atoms with Crippen LogP contribution in [0.4, 0.5) is 10.8 Å². The number of anilines is 1. The smallest absolute Gasteiger partial charge is 0.310 e. The molecule has 3 rings (SSSR count). The van der Waals surface area contributed by atoms with Gasteiger partial charge in [0.15, 0.2) is 16.7 Å². The summed E-state index contributed by atoms with van der Waals surface area (Å²) in [7, 11) is 0. The van der Waals surface area contributed by atoms with Crippen molar-refractivity contribution in [3.05, 3.63) is 69.8 Å². The second-order valence-electron chi connectivity index (χ2n) is 5.71. The molecule has 0 bridgehead atoms. The van der Waals surface area contributed by atoms with E-state index in [2.05, 4.69) is 39.8 Å². The SMILES string of the molecule is Cc1ccc(CSc2nnc(NC(=O)COc3ccccc3[N+](=O)[O-])s2)cc1. The molecule has 0 atom stereocenters. The first-order valence-corrected chi connectivity index (χ1v) is 9.99. The number of hydrogen-bond acceptors (Lipinski definition) is 8. The molecule has 0 saturated carbocycles. The van der Waals surface area contributed by atoms with Crippen molar-refractivity contribution >= 4 is 39.8 Å². The summed E-state index contributed by atoms with van der Waals surface area (Å²) in [4.78, 5) is 22.4. The first kappa shape index (κ1) is 19.8. The lowest BCUT2D eigenvalue weighted by Crippen LogP contribution is -2.20. The zero-order chi connectivity index (χ0) is 19.9. The summed E-state index contributed by atoms with van der Waals surface area (Å²) in [6, 6.07) is 14.1. The first-order chi connectivity index (χ1) is 13.5. The van der Waals surface area contributed by atoms with Crippen molar-refractivity contribution in [2.45, 2.75) is 17.0 Å². The van der Waals surface area contributed by atoms with Crippen LogP contribution >= 0.6 is 23.1 Å². The topological polar surface area (TPSA) is 107 Å². The van der Waals surface area contributed by atoms with Crippen LogP contribution in [-0.2, 0) is 10.5 Å². The number of rotatable bonds is 8. The predicted octanol–water partition coefficient (Wildman–Crippen LogP) is 4.06. The van der Waals surface area contributed by atoms with Crippen molar-refractivity contribution in [2.75, 3.05) is 11.9 Å². The average Bonchev–Trinajstić information content (AvgIpc) is 3.13. The fourth-order valence-corrected chi connectivity index (χ4v) is 3.90. The van der Waals surface area contributed by atoms with Gasteiger partial charge in [-0.2, -0.15) is 0 Å². The Bertz CT molecular complexity index is 976. The van der Waals surface area contributed by atoms with Crippen molar-refractivity contribution in [1.82, 2.24) is 10.2 Å². The highest BCUT2D eigenvalue weighted by molar-refractivity contribution is 8.00. The fraction of sp³-hybridized carbons (Fsp3) is 0.167. The highest BCUT2D eigenvalue weighted by atomic mass is 32.2. The summed E-state index contributed by atoms with van der Waals surface area (Å²) >= 11 is 2.79. The van der Waals surface area contributed by atoms with E-state index in [4.69, 9.17) is 4.74 Å². The van der Waals surface area contributed by atoms with Crippen LogP contribution in [0.25, 0.3) is 0 Å². The van der Waals surface area contributed by atoms with Crippen LogP contribution in [0.15, 0.2) is 52.9 Å². The van der Waals surface area contributed by atoms with Crippen LogP contribution < -0.4 is 10.1 Å². The number of aromatic nitrogens is 2. The zero-order valence-corrected chi connectivity index (χ0v) is 16.5. The molecule has 1 N–H and O–H groups in total. The maximum atomic E-state index is 12.0. The van der Waals surface area contributed by atoms with Crippen molar-refractivity contribution in [2.24, 2.45) is 0 Å². The van der Waals surface area contributed by atoms with Gasteiger partial charge in [-0.1, -0.05) is 65.1 Å². The Balaban J connectivity index is 1.50. The number of para-hydroxylation sites is 2. The van der Waals surface area contributed by atoms with Crippen LogP contribution in [0.2, 0.25) is 0 Å². The number of nitro groups is 1. The van der Waals surface area contributed by atoms with Gasteiger partial charge in [0.05, 0.1) is 4.92 Å². The molecule has 1 amide bonds. The lowest BCUT2D eigenvalue weighted by molar-refractivity contribution is -0.385. The van der Waals surface area contributed by atoms with E-state index in [-0.39, 0.29) is 18.0 Å². The number of carbonyl (C=O) groups is 1. The third-order valence-corrected chi connectivity index (χ3v) is 5.60. The molecule has 0 aliphatic rings. The van der Waals surface area contributed by atoms with Crippen LogP contribution in [-0.4, -0.2) is 27.6 Å². The lowest BCUT2D eigenvalue weighted by Gasteiger charge is -2.05. The number of carbonyl (C=O) groups excluding carboxylic acids is 1. The third kappa shape index (κ3) is 5.51. The Hall–Kier alpha value is -2.98. The summed E-state index contributed by atoms with van der Waals surface area (Å²) < 4.78 is 5.98.